The third-order valence-corrected chi connectivity index (χ3v) is 5.85. The molecule has 2 aromatic carbocycles. The summed E-state index contributed by atoms with van der Waals surface area (Å²) < 4.78 is 0.859. The van der Waals surface area contributed by atoms with Gasteiger partial charge in [0.15, 0.2) is 0 Å². The summed E-state index contributed by atoms with van der Waals surface area (Å²) in [6.45, 7) is 8.47. The van der Waals surface area contributed by atoms with E-state index < -0.39 is 5.91 Å². The van der Waals surface area contributed by atoms with E-state index in [0.29, 0.717) is 5.69 Å². The van der Waals surface area contributed by atoms with E-state index in [1.165, 1.54) is 5.57 Å². The van der Waals surface area contributed by atoms with Gasteiger partial charge < -0.3 is 10.2 Å². The number of nitriles is 1. The minimum Gasteiger partial charge on any atom is -0.365 e. The Morgan fingerprint density at radius 2 is 1.97 bits per heavy atom. The Hall–Kier alpha value is -2.84. The monoisotopic (exact) mass is 449 g/mol. The predicted octanol–water partition coefficient (Wildman–Crippen LogP) is 5.93. The number of aryl methyl sites for hydroxylation is 1. The van der Waals surface area contributed by atoms with E-state index in [1.807, 2.05) is 25.1 Å². The second-order valence-electron chi connectivity index (χ2n) is 7.90. The molecular formula is C24H24BrN3O. The number of amides is 1. The van der Waals surface area contributed by atoms with E-state index in [0.717, 1.165) is 26.9 Å². The zero-order chi connectivity index (χ0) is 21.3. The van der Waals surface area contributed by atoms with E-state index in [2.05, 4.69) is 72.2 Å². The van der Waals surface area contributed by atoms with Crippen molar-refractivity contribution in [2.24, 2.45) is 0 Å². The molecule has 1 amide bonds. The van der Waals surface area contributed by atoms with Gasteiger partial charge in [0, 0.05) is 28.5 Å². The molecule has 0 spiro atoms. The van der Waals surface area contributed by atoms with Crippen LogP contribution in [0.5, 0.6) is 0 Å². The molecule has 1 aliphatic heterocycles. The SMILES string of the molecule is CC1=CC(C)(C)N(C)c2cc(C)c(/C=C(\C#N)C(=O)Nc3cccc(Br)c3)cc21. The Balaban J connectivity index is 1.98. The summed E-state index contributed by atoms with van der Waals surface area (Å²) in [5, 5.41) is 12.4. The first-order valence-corrected chi connectivity index (χ1v) is 10.2. The van der Waals surface area contributed by atoms with Gasteiger partial charge in [-0.15, -0.1) is 0 Å². The van der Waals surface area contributed by atoms with Gasteiger partial charge >= 0.3 is 0 Å². The summed E-state index contributed by atoms with van der Waals surface area (Å²) in [7, 11) is 2.09. The molecule has 0 atom stereocenters. The lowest BCUT2D eigenvalue weighted by Crippen LogP contribution is -2.42. The standard InChI is InChI=1S/C24H24BrN3O/c1-15-9-22-21(16(2)13-24(3,4)28(22)5)11-17(15)10-18(14-26)23(29)27-20-8-6-7-19(25)12-20/h6-13H,1-5H3,(H,27,29)/b18-10+. The van der Waals surface area contributed by atoms with E-state index in [-0.39, 0.29) is 11.1 Å². The summed E-state index contributed by atoms with van der Waals surface area (Å²) in [5.41, 5.74) is 5.98. The third-order valence-electron chi connectivity index (χ3n) is 5.35. The molecule has 5 heteroatoms. The van der Waals surface area contributed by atoms with Crippen molar-refractivity contribution in [3.05, 3.63) is 69.2 Å². The van der Waals surface area contributed by atoms with Crippen molar-refractivity contribution in [3.8, 4) is 6.07 Å². The first-order valence-electron chi connectivity index (χ1n) is 9.39. The molecule has 29 heavy (non-hydrogen) atoms. The molecule has 0 saturated carbocycles. The van der Waals surface area contributed by atoms with Gasteiger partial charge in [0.1, 0.15) is 11.6 Å². The highest BCUT2D eigenvalue weighted by Crippen LogP contribution is 2.39. The molecule has 3 rings (SSSR count). The summed E-state index contributed by atoms with van der Waals surface area (Å²) in [5.74, 6) is -0.423. The Bertz CT molecular complexity index is 1090. The second-order valence-corrected chi connectivity index (χ2v) is 8.82. The highest BCUT2D eigenvalue weighted by Gasteiger charge is 2.28. The van der Waals surface area contributed by atoms with E-state index in [9.17, 15) is 10.1 Å². The first-order chi connectivity index (χ1) is 13.6. The minimum absolute atomic E-state index is 0.0669. The number of rotatable bonds is 3. The number of nitrogens with zero attached hydrogens (tertiary/aromatic N) is 2. The van der Waals surface area contributed by atoms with Crippen LogP contribution in [0.4, 0.5) is 11.4 Å². The lowest BCUT2D eigenvalue weighted by Gasteiger charge is -2.41. The molecule has 0 aliphatic carbocycles. The predicted molar refractivity (Wildman–Crippen MR) is 124 cm³/mol. The molecule has 0 fully saturated rings. The van der Waals surface area contributed by atoms with Crippen LogP contribution < -0.4 is 10.2 Å². The number of benzene rings is 2. The van der Waals surface area contributed by atoms with Gasteiger partial charge in [0.05, 0.1) is 5.54 Å². The number of fused-ring (bicyclic) bond motifs is 1. The molecule has 0 saturated heterocycles. The lowest BCUT2D eigenvalue weighted by atomic mass is 9.87. The van der Waals surface area contributed by atoms with Crippen LogP contribution in [0, 0.1) is 18.3 Å². The van der Waals surface area contributed by atoms with Gasteiger partial charge in [0.2, 0.25) is 0 Å². The van der Waals surface area contributed by atoms with Gasteiger partial charge in [-0.2, -0.15) is 5.26 Å². The molecule has 148 valence electrons. The van der Waals surface area contributed by atoms with Crippen LogP contribution in [0.25, 0.3) is 11.6 Å². The Morgan fingerprint density at radius 3 is 2.62 bits per heavy atom. The highest BCUT2D eigenvalue weighted by atomic mass is 79.9. The summed E-state index contributed by atoms with van der Waals surface area (Å²) in [4.78, 5) is 14.9. The van der Waals surface area contributed by atoms with Crippen molar-refractivity contribution in [1.29, 1.82) is 5.26 Å². The van der Waals surface area contributed by atoms with E-state index in [1.54, 1.807) is 18.2 Å². The van der Waals surface area contributed by atoms with Crippen molar-refractivity contribution in [2.75, 3.05) is 17.3 Å². The molecular weight excluding hydrogens is 426 g/mol. The zero-order valence-electron chi connectivity index (χ0n) is 17.3. The number of carbonyl (C=O) groups is 1. The van der Waals surface area contributed by atoms with E-state index in [4.69, 9.17) is 0 Å². The Morgan fingerprint density at radius 1 is 1.24 bits per heavy atom. The van der Waals surface area contributed by atoms with Crippen LogP contribution in [0.15, 0.2) is 52.5 Å². The smallest absolute Gasteiger partial charge is 0.266 e. The topological polar surface area (TPSA) is 56.1 Å². The molecule has 0 unspecified atom stereocenters. The number of anilines is 2. The number of hydrogen-bond acceptors (Lipinski definition) is 3. The highest BCUT2D eigenvalue weighted by molar-refractivity contribution is 9.10. The van der Waals surface area contributed by atoms with Crippen LogP contribution in [0.3, 0.4) is 0 Å². The third kappa shape index (κ3) is 4.28. The molecule has 1 heterocycles. The molecule has 2 aromatic rings. The average molecular weight is 450 g/mol. The normalized spacial score (nSPS) is 15.3. The summed E-state index contributed by atoms with van der Waals surface area (Å²) >= 11 is 3.38. The fraction of sp³-hybridized carbons (Fsp3) is 0.250. The maximum atomic E-state index is 12.6. The Labute approximate surface area is 180 Å². The van der Waals surface area contributed by atoms with Crippen molar-refractivity contribution < 1.29 is 4.79 Å². The molecule has 1 aliphatic rings. The lowest BCUT2D eigenvalue weighted by molar-refractivity contribution is -0.112. The number of hydrogen-bond donors (Lipinski definition) is 1. The molecule has 0 bridgehead atoms. The molecule has 1 N–H and O–H groups in total. The molecule has 0 aromatic heterocycles. The van der Waals surface area contributed by atoms with Gasteiger partial charge in [0.25, 0.3) is 5.91 Å². The number of allylic oxidation sites excluding steroid dienone is 1. The van der Waals surface area contributed by atoms with Crippen molar-refractivity contribution >= 4 is 44.9 Å². The van der Waals surface area contributed by atoms with E-state index >= 15 is 0 Å². The maximum absolute atomic E-state index is 12.6. The van der Waals surface area contributed by atoms with Crippen LogP contribution >= 0.6 is 15.9 Å². The average Bonchev–Trinajstić information content (AvgIpc) is 2.64. The fourth-order valence-corrected chi connectivity index (χ4v) is 3.94. The number of carbonyl (C=O) groups excluding carboxylic acids is 1. The van der Waals surface area contributed by atoms with Gasteiger partial charge in [-0.3, -0.25) is 4.79 Å². The summed E-state index contributed by atoms with van der Waals surface area (Å²) in [6.07, 6.45) is 3.90. The van der Waals surface area contributed by atoms with Crippen molar-refractivity contribution in [1.82, 2.24) is 0 Å². The van der Waals surface area contributed by atoms with Crippen LogP contribution in [0.2, 0.25) is 0 Å². The van der Waals surface area contributed by atoms with Gasteiger partial charge in [-0.1, -0.05) is 28.1 Å². The maximum Gasteiger partial charge on any atom is 0.266 e. The minimum atomic E-state index is -0.423. The number of nitrogens with one attached hydrogen (secondary N) is 1. The van der Waals surface area contributed by atoms with Crippen LogP contribution in [0.1, 0.15) is 37.5 Å². The van der Waals surface area contributed by atoms with Crippen molar-refractivity contribution in [2.45, 2.75) is 33.2 Å². The first kappa shape index (κ1) is 20.9. The van der Waals surface area contributed by atoms with Gasteiger partial charge in [-0.25, -0.2) is 0 Å². The number of likely N-dealkylation sites (N-methyl/N-ethyl adjacent to an activating group) is 1. The second kappa shape index (κ2) is 7.88. The molecule has 0 radical (unpaired) electrons. The fourth-order valence-electron chi connectivity index (χ4n) is 3.54. The van der Waals surface area contributed by atoms with Crippen LogP contribution in [-0.4, -0.2) is 18.5 Å². The van der Waals surface area contributed by atoms with Crippen LogP contribution in [-0.2, 0) is 4.79 Å². The quantitative estimate of drug-likeness (QED) is 0.466. The van der Waals surface area contributed by atoms with Crippen molar-refractivity contribution in [3.63, 3.8) is 0 Å². The Kier molecular flexibility index (Phi) is 5.68. The van der Waals surface area contributed by atoms with Gasteiger partial charge in [-0.05, 0) is 80.8 Å². The summed E-state index contributed by atoms with van der Waals surface area (Å²) in [6, 6.07) is 13.5. The largest absolute Gasteiger partial charge is 0.365 e. The number of halogens is 1. The zero-order valence-corrected chi connectivity index (χ0v) is 18.9. The molecule has 4 nitrogen and oxygen atoms in total.